The SMILES string of the molecule is CCCCNC(=O)NC(=O)COc1cccnc1C(=O)O. The molecule has 0 saturated heterocycles. The maximum atomic E-state index is 11.5. The van der Waals surface area contributed by atoms with Gasteiger partial charge in [0.25, 0.3) is 5.91 Å². The van der Waals surface area contributed by atoms with Crippen molar-refractivity contribution in [1.82, 2.24) is 15.6 Å². The van der Waals surface area contributed by atoms with Gasteiger partial charge in [0, 0.05) is 12.7 Å². The van der Waals surface area contributed by atoms with E-state index in [2.05, 4.69) is 15.6 Å². The average Bonchev–Trinajstić information content (AvgIpc) is 2.45. The minimum atomic E-state index is -1.26. The Labute approximate surface area is 121 Å². The van der Waals surface area contributed by atoms with Crippen LogP contribution in [-0.4, -0.2) is 41.1 Å². The number of carboxylic acid groups (broad SMARTS) is 1. The van der Waals surface area contributed by atoms with Crippen molar-refractivity contribution < 1.29 is 24.2 Å². The van der Waals surface area contributed by atoms with Crippen LogP contribution in [-0.2, 0) is 4.79 Å². The Morgan fingerprint density at radius 3 is 2.81 bits per heavy atom. The molecule has 0 spiro atoms. The van der Waals surface area contributed by atoms with Crippen LogP contribution in [0, 0.1) is 0 Å². The van der Waals surface area contributed by atoms with E-state index >= 15 is 0 Å². The molecule has 3 amide bonds. The summed E-state index contributed by atoms with van der Waals surface area (Å²) in [4.78, 5) is 37.3. The highest BCUT2D eigenvalue weighted by molar-refractivity contribution is 5.95. The van der Waals surface area contributed by atoms with Gasteiger partial charge in [0.2, 0.25) is 0 Å². The molecular weight excluding hydrogens is 278 g/mol. The highest BCUT2D eigenvalue weighted by atomic mass is 16.5. The number of ether oxygens (including phenoxy) is 1. The number of hydrogen-bond donors (Lipinski definition) is 3. The summed E-state index contributed by atoms with van der Waals surface area (Å²) in [6.45, 7) is 1.97. The molecule has 0 aliphatic carbocycles. The number of nitrogens with one attached hydrogen (secondary N) is 2. The molecule has 21 heavy (non-hydrogen) atoms. The van der Waals surface area contributed by atoms with Gasteiger partial charge in [-0.2, -0.15) is 0 Å². The van der Waals surface area contributed by atoms with E-state index in [-0.39, 0.29) is 11.4 Å². The Bertz CT molecular complexity index is 518. The second kappa shape index (κ2) is 8.51. The Morgan fingerprint density at radius 1 is 1.38 bits per heavy atom. The number of aromatic nitrogens is 1. The summed E-state index contributed by atoms with van der Waals surface area (Å²) in [7, 11) is 0. The molecule has 114 valence electrons. The monoisotopic (exact) mass is 295 g/mol. The number of carbonyl (C=O) groups excluding carboxylic acids is 2. The maximum Gasteiger partial charge on any atom is 0.358 e. The average molecular weight is 295 g/mol. The molecule has 1 rings (SSSR count). The number of unbranched alkanes of at least 4 members (excludes halogenated alkanes) is 1. The van der Waals surface area contributed by atoms with Crippen LogP contribution in [0.5, 0.6) is 5.75 Å². The predicted molar refractivity (Wildman–Crippen MR) is 73.1 cm³/mol. The molecule has 0 unspecified atom stereocenters. The molecule has 8 nitrogen and oxygen atoms in total. The number of aromatic carboxylic acids is 1. The molecule has 0 atom stereocenters. The minimum Gasteiger partial charge on any atom is -0.481 e. The molecule has 0 aromatic carbocycles. The molecular formula is C13H17N3O5. The fourth-order valence-corrected chi connectivity index (χ4v) is 1.40. The number of pyridine rings is 1. The topological polar surface area (TPSA) is 118 Å². The van der Waals surface area contributed by atoms with Gasteiger partial charge in [-0.1, -0.05) is 13.3 Å². The van der Waals surface area contributed by atoms with Gasteiger partial charge in [0.15, 0.2) is 18.1 Å². The van der Waals surface area contributed by atoms with Crippen molar-refractivity contribution in [3.63, 3.8) is 0 Å². The van der Waals surface area contributed by atoms with Crippen molar-refractivity contribution in [2.45, 2.75) is 19.8 Å². The van der Waals surface area contributed by atoms with Crippen molar-refractivity contribution in [3.05, 3.63) is 24.0 Å². The number of nitrogens with zero attached hydrogens (tertiary/aromatic N) is 1. The van der Waals surface area contributed by atoms with E-state index in [1.54, 1.807) is 0 Å². The van der Waals surface area contributed by atoms with Crippen molar-refractivity contribution in [2.24, 2.45) is 0 Å². The van der Waals surface area contributed by atoms with Crippen molar-refractivity contribution in [1.29, 1.82) is 0 Å². The lowest BCUT2D eigenvalue weighted by molar-refractivity contribution is -0.122. The lowest BCUT2D eigenvalue weighted by atomic mass is 10.3. The van der Waals surface area contributed by atoms with Gasteiger partial charge < -0.3 is 15.2 Å². The van der Waals surface area contributed by atoms with E-state index in [1.165, 1.54) is 18.3 Å². The Morgan fingerprint density at radius 2 is 2.14 bits per heavy atom. The van der Waals surface area contributed by atoms with E-state index < -0.39 is 24.5 Å². The number of imide groups is 1. The van der Waals surface area contributed by atoms with Gasteiger partial charge in [-0.15, -0.1) is 0 Å². The largest absolute Gasteiger partial charge is 0.481 e. The summed E-state index contributed by atoms with van der Waals surface area (Å²) in [5, 5.41) is 13.5. The quantitative estimate of drug-likeness (QED) is 0.640. The zero-order chi connectivity index (χ0) is 15.7. The molecule has 0 fully saturated rings. The van der Waals surface area contributed by atoms with Gasteiger partial charge in [-0.25, -0.2) is 14.6 Å². The second-order valence-corrected chi connectivity index (χ2v) is 4.10. The third-order valence-corrected chi connectivity index (χ3v) is 2.40. The molecule has 8 heteroatoms. The van der Waals surface area contributed by atoms with Gasteiger partial charge in [-0.05, 0) is 18.6 Å². The first-order valence-corrected chi connectivity index (χ1v) is 6.43. The van der Waals surface area contributed by atoms with E-state index in [0.717, 1.165) is 12.8 Å². The van der Waals surface area contributed by atoms with Gasteiger partial charge in [0.1, 0.15) is 0 Å². The van der Waals surface area contributed by atoms with Crippen LogP contribution >= 0.6 is 0 Å². The molecule has 1 aromatic rings. The first-order chi connectivity index (χ1) is 10.0. The van der Waals surface area contributed by atoms with Crippen LogP contribution in [0.15, 0.2) is 18.3 Å². The first-order valence-electron chi connectivity index (χ1n) is 6.43. The van der Waals surface area contributed by atoms with Crippen LogP contribution in [0.3, 0.4) is 0 Å². The Kier molecular flexibility index (Phi) is 6.66. The smallest absolute Gasteiger partial charge is 0.358 e. The van der Waals surface area contributed by atoms with Crippen LogP contribution in [0.1, 0.15) is 30.3 Å². The van der Waals surface area contributed by atoms with Crippen molar-refractivity contribution in [2.75, 3.05) is 13.2 Å². The fourth-order valence-electron chi connectivity index (χ4n) is 1.40. The lowest BCUT2D eigenvalue weighted by Gasteiger charge is -2.09. The summed E-state index contributed by atoms with van der Waals surface area (Å²) < 4.78 is 5.05. The number of rotatable bonds is 7. The van der Waals surface area contributed by atoms with Gasteiger partial charge >= 0.3 is 12.0 Å². The van der Waals surface area contributed by atoms with E-state index in [4.69, 9.17) is 9.84 Å². The van der Waals surface area contributed by atoms with E-state index in [1.807, 2.05) is 6.92 Å². The Balaban J connectivity index is 2.43. The lowest BCUT2D eigenvalue weighted by Crippen LogP contribution is -2.42. The van der Waals surface area contributed by atoms with E-state index in [0.29, 0.717) is 6.54 Å². The molecule has 0 saturated carbocycles. The summed E-state index contributed by atoms with van der Waals surface area (Å²) in [6, 6.07) is 2.25. The maximum absolute atomic E-state index is 11.5. The Hall–Kier alpha value is -2.64. The molecule has 0 radical (unpaired) electrons. The fraction of sp³-hybridized carbons (Fsp3) is 0.385. The van der Waals surface area contributed by atoms with Crippen molar-refractivity contribution in [3.8, 4) is 5.75 Å². The van der Waals surface area contributed by atoms with Crippen molar-refractivity contribution >= 4 is 17.9 Å². The molecule has 0 bridgehead atoms. The van der Waals surface area contributed by atoms with Crippen LogP contribution < -0.4 is 15.4 Å². The van der Waals surface area contributed by atoms with Gasteiger partial charge in [0.05, 0.1) is 0 Å². The molecule has 0 aliphatic heterocycles. The van der Waals surface area contributed by atoms with Crippen LogP contribution in [0.25, 0.3) is 0 Å². The summed E-state index contributed by atoms with van der Waals surface area (Å²) in [5.74, 6) is -1.97. The number of carboxylic acids is 1. The number of amides is 3. The van der Waals surface area contributed by atoms with Crippen LogP contribution in [0.4, 0.5) is 4.79 Å². The summed E-state index contributed by atoms with van der Waals surface area (Å²) >= 11 is 0. The third-order valence-electron chi connectivity index (χ3n) is 2.40. The second-order valence-electron chi connectivity index (χ2n) is 4.10. The molecule has 1 aromatic heterocycles. The molecule has 1 heterocycles. The zero-order valence-corrected chi connectivity index (χ0v) is 11.6. The van der Waals surface area contributed by atoms with E-state index in [9.17, 15) is 14.4 Å². The highest BCUT2D eigenvalue weighted by Gasteiger charge is 2.14. The number of hydrogen-bond acceptors (Lipinski definition) is 5. The third kappa shape index (κ3) is 5.89. The zero-order valence-electron chi connectivity index (χ0n) is 11.6. The number of urea groups is 1. The predicted octanol–water partition coefficient (Wildman–Crippen LogP) is 0.784. The normalized spacial score (nSPS) is 9.76. The summed E-state index contributed by atoms with van der Waals surface area (Å²) in [6.07, 6.45) is 3.05. The summed E-state index contributed by atoms with van der Waals surface area (Å²) in [5.41, 5.74) is -0.294. The number of carbonyl (C=O) groups is 3. The first kappa shape index (κ1) is 16.4. The highest BCUT2D eigenvalue weighted by Crippen LogP contribution is 2.14. The van der Waals surface area contributed by atoms with Gasteiger partial charge in [-0.3, -0.25) is 10.1 Å². The molecule has 0 aliphatic rings. The van der Waals surface area contributed by atoms with Crippen LogP contribution in [0.2, 0.25) is 0 Å². The minimum absolute atomic E-state index is 0.0356. The standard InChI is InChI=1S/C13H17N3O5/c1-2-3-6-15-13(20)16-10(17)8-21-9-5-4-7-14-11(9)12(18)19/h4-5,7H,2-3,6,8H2,1H3,(H,18,19)(H2,15,16,17,20). The molecule has 3 N–H and O–H groups in total.